The van der Waals surface area contributed by atoms with Crippen LogP contribution in [0.2, 0.25) is 0 Å². The molecule has 0 aliphatic carbocycles. The molecular formula is C10H22O8S2. The van der Waals surface area contributed by atoms with Crippen molar-refractivity contribution in [3.05, 3.63) is 0 Å². The van der Waals surface area contributed by atoms with Gasteiger partial charge in [0.2, 0.25) is 0 Å². The van der Waals surface area contributed by atoms with Gasteiger partial charge in [-0.2, -0.15) is 16.8 Å². The molecule has 0 fully saturated rings. The summed E-state index contributed by atoms with van der Waals surface area (Å²) < 4.78 is 63.7. The van der Waals surface area contributed by atoms with Gasteiger partial charge in [0.15, 0.2) is 0 Å². The fourth-order valence-corrected chi connectivity index (χ4v) is 2.57. The number of rotatable bonds is 11. The van der Waals surface area contributed by atoms with Gasteiger partial charge in [0.1, 0.15) is 12.9 Å². The fourth-order valence-electron chi connectivity index (χ4n) is 1.47. The molecule has 0 aromatic heterocycles. The molecule has 0 rings (SSSR count). The summed E-state index contributed by atoms with van der Waals surface area (Å²) in [5, 5.41) is 0. The quantitative estimate of drug-likeness (QED) is 0.387. The van der Waals surface area contributed by atoms with E-state index in [0.29, 0.717) is 6.42 Å². The zero-order valence-corrected chi connectivity index (χ0v) is 13.7. The summed E-state index contributed by atoms with van der Waals surface area (Å²) in [6.07, 6.45) is 1.02. The Kier molecular flexibility index (Phi) is 8.79. The van der Waals surface area contributed by atoms with E-state index in [1.54, 1.807) is 6.92 Å². The van der Waals surface area contributed by atoms with Gasteiger partial charge in [-0.1, -0.05) is 6.92 Å². The summed E-state index contributed by atoms with van der Waals surface area (Å²) in [7, 11) is -5.77. The SMILES string of the molecule is CC[C@H](OS(C)(=O)=O)[C@@H](CCOS(C)(=O)=O)OCOC. The van der Waals surface area contributed by atoms with Gasteiger partial charge in [-0.3, -0.25) is 8.37 Å². The molecule has 0 saturated heterocycles. The van der Waals surface area contributed by atoms with E-state index in [2.05, 4.69) is 4.18 Å². The normalized spacial score (nSPS) is 16.0. The summed E-state index contributed by atoms with van der Waals surface area (Å²) in [6.45, 7) is 1.54. The van der Waals surface area contributed by atoms with E-state index in [1.807, 2.05) is 0 Å². The van der Waals surface area contributed by atoms with Crippen molar-refractivity contribution in [1.82, 2.24) is 0 Å². The lowest BCUT2D eigenvalue weighted by molar-refractivity contribution is -0.110. The number of methoxy groups -OCH3 is 1. The van der Waals surface area contributed by atoms with Crippen molar-refractivity contribution in [3.8, 4) is 0 Å². The minimum Gasteiger partial charge on any atom is -0.359 e. The monoisotopic (exact) mass is 334 g/mol. The molecular weight excluding hydrogens is 312 g/mol. The minimum absolute atomic E-state index is 0.0623. The molecule has 0 saturated carbocycles. The van der Waals surface area contributed by atoms with Crippen LogP contribution in [0.5, 0.6) is 0 Å². The molecule has 0 aliphatic heterocycles. The summed E-state index contributed by atoms with van der Waals surface area (Å²) in [4.78, 5) is 0. The fraction of sp³-hybridized carbons (Fsp3) is 1.00. The second kappa shape index (κ2) is 8.90. The van der Waals surface area contributed by atoms with Crippen LogP contribution in [0.25, 0.3) is 0 Å². The molecule has 20 heavy (non-hydrogen) atoms. The Morgan fingerprint density at radius 3 is 2.00 bits per heavy atom. The first-order chi connectivity index (χ1) is 9.09. The highest BCUT2D eigenvalue weighted by Gasteiger charge is 2.25. The molecule has 10 heteroatoms. The molecule has 122 valence electrons. The molecule has 0 bridgehead atoms. The van der Waals surface area contributed by atoms with E-state index in [0.717, 1.165) is 12.5 Å². The summed E-state index contributed by atoms with van der Waals surface area (Å²) in [5.41, 5.74) is 0. The van der Waals surface area contributed by atoms with Gasteiger partial charge in [0.25, 0.3) is 20.2 Å². The van der Waals surface area contributed by atoms with Crippen molar-refractivity contribution in [1.29, 1.82) is 0 Å². The lowest BCUT2D eigenvalue weighted by Gasteiger charge is -2.25. The molecule has 0 heterocycles. The van der Waals surface area contributed by atoms with E-state index in [1.165, 1.54) is 7.11 Å². The van der Waals surface area contributed by atoms with Gasteiger partial charge in [0.05, 0.1) is 25.2 Å². The van der Waals surface area contributed by atoms with Crippen molar-refractivity contribution in [2.45, 2.75) is 32.0 Å². The van der Waals surface area contributed by atoms with Crippen LogP contribution in [0, 0.1) is 0 Å². The molecule has 0 unspecified atom stereocenters. The van der Waals surface area contributed by atoms with Crippen molar-refractivity contribution in [2.75, 3.05) is 33.0 Å². The highest BCUT2D eigenvalue weighted by molar-refractivity contribution is 7.86. The first-order valence-electron chi connectivity index (χ1n) is 5.92. The third kappa shape index (κ3) is 10.5. The van der Waals surface area contributed by atoms with Gasteiger partial charge in [-0.15, -0.1) is 0 Å². The largest absolute Gasteiger partial charge is 0.359 e. The molecule has 8 nitrogen and oxygen atoms in total. The maximum Gasteiger partial charge on any atom is 0.264 e. The molecule has 0 N–H and O–H groups in total. The molecule has 0 amide bonds. The average Bonchev–Trinajstić information content (AvgIpc) is 2.28. The summed E-state index contributed by atoms with van der Waals surface area (Å²) >= 11 is 0. The Bertz CT molecular complexity index is 456. The predicted molar refractivity (Wildman–Crippen MR) is 72.2 cm³/mol. The minimum atomic E-state index is -3.64. The zero-order valence-electron chi connectivity index (χ0n) is 12.1. The van der Waals surface area contributed by atoms with E-state index in [9.17, 15) is 16.8 Å². The molecule has 0 radical (unpaired) electrons. The van der Waals surface area contributed by atoms with Gasteiger partial charge in [-0.25, -0.2) is 0 Å². The van der Waals surface area contributed by atoms with Gasteiger partial charge >= 0.3 is 0 Å². The second-order valence-electron chi connectivity index (χ2n) is 4.17. The van der Waals surface area contributed by atoms with Crippen LogP contribution in [0.15, 0.2) is 0 Å². The molecule has 0 aromatic carbocycles. The summed E-state index contributed by atoms with van der Waals surface area (Å²) in [6, 6.07) is 0. The van der Waals surface area contributed by atoms with Crippen molar-refractivity contribution in [3.63, 3.8) is 0 Å². The number of hydrogen-bond donors (Lipinski definition) is 0. The van der Waals surface area contributed by atoms with Crippen LogP contribution in [0.4, 0.5) is 0 Å². The Morgan fingerprint density at radius 1 is 1.00 bits per heavy atom. The van der Waals surface area contributed by atoms with E-state index in [4.69, 9.17) is 13.7 Å². The second-order valence-corrected chi connectivity index (χ2v) is 7.42. The first-order valence-corrected chi connectivity index (χ1v) is 9.55. The Labute approximate surface area is 120 Å². The molecule has 0 spiro atoms. The standard InChI is InChI=1S/C10H22O8S2/c1-5-9(18-20(4,13)14)10(16-8-15-2)6-7-17-19(3,11)12/h9-10H,5-8H2,1-4H3/t9-,10+/m0/s1. The van der Waals surface area contributed by atoms with Crippen molar-refractivity contribution in [2.24, 2.45) is 0 Å². The van der Waals surface area contributed by atoms with Crippen LogP contribution >= 0.6 is 0 Å². The van der Waals surface area contributed by atoms with Crippen LogP contribution in [0.3, 0.4) is 0 Å². The topological polar surface area (TPSA) is 105 Å². The Morgan fingerprint density at radius 2 is 1.60 bits per heavy atom. The van der Waals surface area contributed by atoms with Crippen molar-refractivity contribution < 1.29 is 34.7 Å². The highest BCUT2D eigenvalue weighted by Crippen LogP contribution is 2.15. The van der Waals surface area contributed by atoms with E-state index in [-0.39, 0.29) is 19.8 Å². The van der Waals surface area contributed by atoms with Gasteiger partial charge in [-0.05, 0) is 6.42 Å². The number of hydrogen-bond acceptors (Lipinski definition) is 8. The smallest absolute Gasteiger partial charge is 0.264 e. The van der Waals surface area contributed by atoms with Gasteiger partial charge < -0.3 is 9.47 Å². The Hall–Kier alpha value is -0.260. The third-order valence-electron chi connectivity index (χ3n) is 2.22. The maximum atomic E-state index is 11.2. The zero-order chi connectivity index (χ0) is 15.8. The first kappa shape index (κ1) is 19.7. The maximum absolute atomic E-state index is 11.2. The van der Waals surface area contributed by atoms with Crippen LogP contribution in [-0.2, 0) is 38.1 Å². The molecule has 0 aromatic rings. The lowest BCUT2D eigenvalue weighted by Crippen LogP contribution is -2.34. The number of ether oxygens (including phenoxy) is 2. The van der Waals surface area contributed by atoms with E-state index >= 15 is 0 Å². The van der Waals surface area contributed by atoms with Gasteiger partial charge in [0, 0.05) is 13.5 Å². The molecule has 0 aliphatic rings. The van der Waals surface area contributed by atoms with Crippen LogP contribution in [0.1, 0.15) is 19.8 Å². The predicted octanol–water partition coefficient (Wildman–Crippen LogP) is 0.0966. The third-order valence-corrected chi connectivity index (χ3v) is 3.41. The average molecular weight is 334 g/mol. The lowest BCUT2D eigenvalue weighted by atomic mass is 10.1. The van der Waals surface area contributed by atoms with E-state index < -0.39 is 32.4 Å². The van der Waals surface area contributed by atoms with Crippen molar-refractivity contribution >= 4 is 20.2 Å². The highest BCUT2D eigenvalue weighted by atomic mass is 32.2. The Balaban J connectivity index is 4.65. The van der Waals surface area contributed by atoms with Crippen LogP contribution < -0.4 is 0 Å². The summed E-state index contributed by atoms with van der Waals surface area (Å²) in [5.74, 6) is 0. The molecule has 2 atom stereocenters. The van der Waals surface area contributed by atoms with Crippen LogP contribution in [-0.4, -0.2) is 62.1 Å².